The number of rotatable bonds is 3. The van der Waals surface area contributed by atoms with Crippen LogP contribution in [0.1, 0.15) is 44.7 Å². The molecule has 1 aliphatic heterocycles. The summed E-state index contributed by atoms with van der Waals surface area (Å²) in [6.45, 7) is 5.21. The Morgan fingerprint density at radius 3 is 2.41 bits per heavy atom. The van der Waals surface area contributed by atoms with Gasteiger partial charge >= 0.3 is 0 Å². The molecule has 0 spiro atoms. The minimum absolute atomic E-state index is 0.208. The van der Waals surface area contributed by atoms with E-state index in [2.05, 4.69) is 10.9 Å². The van der Waals surface area contributed by atoms with Crippen molar-refractivity contribution >= 4 is 27.5 Å². The van der Waals surface area contributed by atoms with Gasteiger partial charge in [0, 0.05) is 11.6 Å². The van der Waals surface area contributed by atoms with Crippen LogP contribution in [-0.2, 0) is 16.4 Å². The smallest absolute Gasteiger partial charge is 0.273 e. The van der Waals surface area contributed by atoms with Gasteiger partial charge in [0.25, 0.3) is 11.8 Å². The maximum absolute atomic E-state index is 12.3. The first kappa shape index (κ1) is 19.0. The molecule has 2 amide bonds. The van der Waals surface area contributed by atoms with Gasteiger partial charge in [-0.15, -0.1) is 0 Å². The molecule has 1 atom stereocenters. The van der Waals surface area contributed by atoms with Gasteiger partial charge in [-0.3, -0.25) is 24.7 Å². The molecular weight excluding hydrogens is 370 g/mol. The van der Waals surface area contributed by atoms with Gasteiger partial charge < -0.3 is 4.42 Å². The summed E-state index contributed by atoms with van der Waals surface area (Å²) < 4.78 is 30.6. The number of benzene rings is 1. The molecular formula is C18H21N3O5S. The number of amides is 2. The van der Waals surface area contributed by atoms with Crippen LogP contribution in [0.2, 0.25) is 0 Å². The van der Waals surface area contributed by atoms with Crippen LogP contribution in [0.4, 0.5) is 5.69 Å². The van der Waals surface area contributed by atoms with Crippen LogP contribution in [-0.4, -0.2) is 32.5 Å². The third-order valence-electron chi connectivity index (χ3n) is 4.43. The van der Waals surface area contributed by atoms with Gasteiger partial charge in [0.2, 0.25) is 10.0 Å². The van der Waals surface area contributed by atoms with E-state index in [0.717, 1.165) is 11.8 Å². The fourth-order valence-corrected chi connectivity index (χ4v) is 4.62. The van der Waals surface area contributed by atoms with Crippen molar-refractivity contribution in [1.82, 2.24) is 10.9 Å². The van der Waals surface area contributed by atoms with Crippen molar-refractivity contribution in [3.63, 3.8) is 0 Å². The molecule has 1 aromatic heterocycles. The Morgan fingerprint density at radius 1 is 1.15 bits per heavy atom. The lowest BCUT2D eigenvalue weighted by Crippen LogP contribution is -2.41. The number of nitrogens with zero attached hydrogens (tertiary/aromatic N) is 1. The van der Waals surface area contributed by atoms with Crippen LogP contribution < -0.4 is 15.2 Å². The Bertz CT molecular complexity index is 1030. The van der Waals surface area contributed by atoms with E-state index in [1.165, 1.54) is 10.4 Å². The van der Waals surface area contributed by atoms with Crippen molar-refractivity contribution < 1.29 is 22.4 Å². The molecule has 0 bridgehead atoms. The van der Waals surface area contributed by atoms with Gasteiger partial charge in [-0.1, -0.05) is 0 Å². The highest BCUT2D eigenvalue weighted by atomic mass is 32.2. The Morgan fingerprint density at radius 2 is 1.81 bits per heavy atom. The number of carbonyl (C=O) groups is 2. The Hall–Kier alpha value is -2.81. The first-order valence-corrected chi connectivity index (χ1v) is 10.2. The first-order chi connectivity index (χ1) is 12.6. The molecule has 0 fully saturated rings. The summed E-state index contributed by atoms with van der Waals surface area (Å²) in [5.41, 5.74) is 6.75. The highest BCUT2D eigenvalue weighted by Crippen LogP contribution is 2.34. The summed E-state index contributed by atoms with van der Waals surface area (Å²) in [6, 6.07) is 6.17. The predicted molar refractivity (Wildman–Crippen MR) is 100 cm³/mol. The van der Waals surface area contributed by atoms with Crippen LogP contribution in [0.15, 0.2) is 28.7 Å². The van der Waals surface area contributed by atoms with Crippen molar-refractivity contribution in [2.45, 2.75) is 33.2 Å². The molecule has 0 saturated heterocycles. The zero-order valence-electron chi connectivity index (χ0n) is 15.5. The summed E-state index contributed by atoms with van der Waals surface area (Å²) >= 11 is 0. The minimum atomic E-state index is -3.39. The fraction of sp³-hybridized carbons (Fsp3) is 0.333. The van der Waals surface area contributed by atoms with Crippen LogP contribution in [0.3, 0.4) is 0 Å². The Labute approximate surface area is 157 Å². The van der Waals surface area contributed by atoms with Gasteiger partial charge in [0.05, 0.1) is 17.5 Å². The number of sulfonamides is 1. The third kappa shape index (κ3) is 3.68. The molecule has 0 unspecified atom stereocenters. The second-order valence-electron chi connectivity index (χ2n) is 6.69. The first-order valence-electron chi connectivity index (χ1n) is 8.38. The topological polar surface area (TPSA) is 109 Å². The third-order valence-corrected chi connectivity index (χ3v) is 5.70. The molecule has 0 aliphatic carbocycles. The minimum Gasteiger partial charge on any atom is -0.466 e. The zero-order chi connectivity index (χ0) is 19.9. The number of furan rings is 1. The van der Waals surface area contributed by atoms with Gasteiger partial charge in [-0.05, 0) is 57.0 Å². The molecule has 1 aromatic carbocycles. The van der Waals surface area contributed by atoms with Crippen molar-refractivity contribution in [2.24, 2.45) is 0 Å². The lowest BCUT2D eigenvalue weighted by Gasteiger charge is -2.21. The van der Waals surface area contributed by atoms with Gasteiger partial charge in [-0.2, -0.15) is 0 Å². The average molecular weight is 391 g/mol. The summed E-state index contributed by atoms with van der Waals surface area (Å²) in [7, 11) is -3.39. The molecule has 0 saturated carbocycles. The van der Waals surface area contributed by atoms with E-state index in [1.807, 2.05) is 6.92 Å². The van der Waals surface area contributed by atoms with Crippen molar-refractivity contribution in [3.8, 4) is 0 Å². The van der Waals surface area contributed by atoms with Crippen LogP contribution >= 0.6 is 0 Å². The number of nitrogens with one attached hydrogen (secondary N) is 2. The van der Waals surface area contributed by atoms with Crippen LogP contribution in [0.25, 0.3) is 0 Å². The number of hydrazine groups is 1. The summed E-state index contributed by atoms with van der Waals surface area (Å²) in [4.78, 5) is 24.5. The molecule has 27 heavy (non-hydrogen) atoms. The number of hydrogen-bond donors (Lipinski definition) is 2. The molecule has 9 heteroatoms. The lowest BCUT2D eigenvalue weighted by atomic mass is 10.1. The fourth-order valence-electron chi connectivity index (χ4n) is 3.36. The Balaban J connectivity index is 1.73. The molecule has 8 nitrogen and oxygen atoms in total. The maximum atomic E-state index is 12.3. The molecule has 3 rings (SSSR count). The summed E-state index contributed by atoms with van der Waals surface area (Å²) in [6.07, 6.45) is 1.68. The molecule has 144 valence electrons. The number of fused-ring (bicyclic) bond motifs is 1. The summed E-state index contributed by atoms with van der Waals surface area (Å²) in [5, 5.41) is 0. The van der Waals surface area contributed by atoms with E-state index in [4.69, 9.17) is 4.42 Å². The van der Waals surface area contributed by atoms with E-state index < -0.39 is 21.8 Å². The number of hydrogen-bond acceptors (Lipinski definition) is 5. The van der Waals surface area contributed by atoms with E-state index in [1.54, 1.807) is 32.0 Å². The average Bonchev–Trinajstić information content (AvgIpc) is 3.08. The SMILES string of the molecule is Cc1cc(C(=O)NNC(=O)c2ccc3c(c2)C[C@H](C)N3S(C)(=O)=O)c(C)o1. The second-order valence-corrected chi connectivity index (χ2v) is 8.55. The number of carbonyl (C=O) groups excluding carboxylic acids is 2. The molecule has 2 N–H and O–H groups in total. The van der Waals surface area contributed by atoms with Gasteiger partial charge in [0.1, 0.15) is 11.5 Å². The quantitative estimate of drug-likeness (QED) is 0.774. The normalized spacial score (nSPS) is 16.1. The van der Waals surface area contributed by atoms with E-state index in [9.17, 15) is 18.0 Å². The molecule has 0 radical (unpaired) electrons. The van der Waals surface area contributed by atoms with E-state index >= 15 is 0 Å². The molecule has 2 aromatic rings. The van der Waals surface area contributed by atoms with E-state index in [-0.39, 0.29) is 6.04 Å². The maximum Gasteiger partial charge on any atom is 0.273 e. The molecule has 2 heterocycles. The lowest BCUT2D eigenvalue weighted by molar-refractivity contribution is 0.0845. The number of anilines is 1. The zero-order valence-corrected chi connectivity index (χ0v) is 16.3. The Kier molecular flexibility index (Phi) is 4.73. The van der Waals surface area contributed by atoms with Crippen LogP contribution in [0.5, 0.6) is 0 Å². The van der Waals surface area contributed by atoms with Gasteiger partial charge in [-0.25, -0.2) is 8.42 Å². The molecule has 1 aliphatic rings. The van der Waals surface area contributed by atoms with Gasteiger partial charge in [0.15, 0.2) is 0 Å². The van der Waals surface area contributed by atoms with Crippen molar-refractivity contribution in [2.75, 3.05) is 10.6 Å². The van der Waals surface area contributed by atoms with Crippen molar-refractivity contribution in [3.05, 3.63) is 52.5 Å². The van der Waals surface area contributed by atoms with E-state index in [0.29, 0.717) is 34.8 Å². The van der Waals surface area contributed by atoms with Crippen molar-refractivity contribution in [1.29, 1.82) is 0 Å². The second kappa shape index (κ2) is 6.73. The largest absolute Gasteiger partial charge is 0.466 e. The number of aryl methyl sites for hydroxylation is 2. The monoisotopic (exact) mass is 391 g/mol. The van der Waals surface area contributed by atoms with Crippen LogP contribution in [0, 0.1) is 13.8 Å². The standard InChI is InChI=1S/C18H21N3O5S/c1-10-7-14-9-13(5-6-16(14)21(10)27(4,24)25)17(22)19-20-18(23)15-8-11(2)26-12(15)3/h5-6,8-10H,7H2,1-4H3,(H,19,22)(H,20,23)/t10-/m0/s1. The predicted octanol–water partition coefficient (Wildman–Crippen LogP) is 1.68. The summed E-state index contributed by atoms with van der Waals surface area (Å²) in [5.74, 6) is 0.101. The highest BCUT2D eigenvalue weighted by Gasteiger charge is 2.32. The highest BCUT2D eigenvalue weighted by molar-refractivity contribution is 7.92.